The third-order valence-electron chi connectivity index (χ3n) is 5.58. The first kappa shape index (κ1) is 25.5. The fourth-order valence-electron chi connectivity index (χ4n) is 3.87. The molecule has 8 nitrogen and oxygen atoms in total. The van der Waals surface area contributed by atoms with Gasteiger partial charge in [-0.15, -0.1) is 0 Å². The number of rotatable bonds is 10. The minimum absolute atomic E-state index is 0.0240. The molecule has 0 aromatic heterocycles. The van der Waals surface area contributed by atoms with Gasteiger partial charge in [-0.05, 0) is 41.7 Å². The van der Waals surface area contributed by atoms with Crippen LogP contribution in [0.4, 0.5) is 0 Å². The van der Waals surface area contributed by atoms with E-state index in [2.05, 4.69) is 4.99 Å². The Bertz CT molecular complexity index is 1110. The van der Waals surface area contributed by atoms with Crippen LogP contribution in [0.1, 0.15) is 35.4 Å². The zero-order valence-electron chi connectivity index (χ0n) is 19.5. The van der Waals surface area contributed by atoms with Crippen molar-refractivity contribution in [1.29, 1.82) is 0 Å². The summed E-state index contributed by atoms with van der Waals surface area (Å²) in [6.45, 7) is 0.310. The van der Waals surface area contributed by atoms with E-state index >= 15 is 0 Å². The first-order valence-electron chi connectivity index (χ1n) is 11.4. The molecule has 0 aliphatic heterocycles. The molecule has 0 fully saturated rings. The number of phenols is 1. The van der Waals surface area contributed by atoms with Crippen molar-refractivity contribution >= 4 is 17.8 Å². The molecule has 3 aromatic rings. The molecule has 0 heterocycles. The van der Waals surface area contributed by atoms with Crippen LogP contribution < -0.4 is 17.2 Å². The predicted octanol–water partition coefficient (Wildman–Crippen LogP) is 2.46. The fourth-order valence-corrected chi connectivity index (χ4v) is 3.87. The van der Waals surface area contributed by atoms with Crippen LogP contribution in [0, 0.1) is 0 Å². The molecule has 0 aliphatic rings. The van der Waals surface area contributed by atoms with Crippen LogP contribution >= 0.6 is 0 Å². The van der Waals surface area contributed by atoms with Gasteiger partial charge in [0.05, 0.1) is 18.5 Å². The standard InChI is InChI=1S/C27H31N5O3/c28-23(15-8-16-31-27(29)30)25(34)32(18-19-9-7-14-22(33)17-19)26(35)24(20-10-3-1-4-11-20)21-12-5-2-6-13-21/h1-7,9-14,17,23-24,33H,8,15-16,18,28H2,(H4,29,30,31). The molecule has 35 heavy (non-hydrogen) atoms. The van der Waals surface area contributed by atoms with Crippen LogP contribution in [0.25, 0.3) is 0 Å². The van der Waals surface area contributed by atoms with E-state index in [1.54, 1.807) is 12.1 Å². The number of carbonyl (C=O) groups is 2. The van der Waals surface area contributed by atoms with E-state index in [0.717, 1.165) is 11.1 Å². The van der Waals surface area contributed by atoms with Gasteiger partial charge in [-0.3, -0.25) is 19.5 Å². The summed E-state index contributed by atoms with van der Waals surface area (Å²) in [4.78, 5) is 32.6. The van der Waals surface area contributed by atoms with Crippen molar-refractivity contribution in [2.45, 2.75) is 31.3 Å². The highest BCUT2D eigenvalue weighted by Crippen LogP contribution is 2.28. The Morgan fingerprint density at radius 1 is 0.857 bits per heavy atom. The number of aromatic hydroxyl groups is 1. The van der Waals surface area contributed by atoms with Crippen molar-refractivity contribution < 1.29 is 14.7 Å². The van der Waals surface area contributed by atoms with Gasteiger partial charge in [0.1, 0.15) is 5.75 Å². The second kappa shape index (κ2) is 12.3. The maximum Gasteiger partial charge on any atom is 0.246 e. The SMILES string of the molecule is NC(N)=NCCCC(N)C(=O)N(Cc1cccc(O)c1)C(=O)C(c1ccccc1)c1ccccc1. The Morgan fingerprint density at radius 3 is 2.00 bits per heavy atom. The lowest BCUT2D eigenvalue weighted by atomic mass is 9.89. The van der Waals surface area contributed by atoms with Gasteiger partial charge < -0.3 is 22.3 Å². The zero-order valence-corrected chi connectivity index (χ0v) is 19.5. The average Bonchev–Trinajstić information content (AvgIpc) is 2.86. The minimum atomic E-state index is -0.919. The molecule has 1 atom stereocenters. The van der Waals surface area contributed by atoms with Gasteiger partial charge >= 0.3 is 0 Å². The van der Waals surface area contributed by atoms with E-state index in [-0.39, 0.29) is 18.3 Å². The fraction of sp³-hybridized carbons (Fsp3) is 0.222. The van der Waals surface area contributed by atoms with Gasteiger partial charge in [0.15, 0.2) is 5.96 Å². The van der Waals surface area contributed by atoms with E-state index in [9.17, 15) is 14.7 Å². The molecule has 0 radical (unpaired) electrons. The number of benzene rings is 3. The zero-order chi connectivity index (χ0) is 25.2. The first-order chi connectivity index (χ1) is 16.9. The highest BCUT2D eigenvalue weighted by Gasteiger charge is 2.33. The predicted molar refractivity (Wildman–Crippen MR) is 136 cm³/mol. The second-order valence-corrected chi connectivity index (χ2v) is 8.24. The number of amides is 2. The third-order valence-corrected chi connectivity index (χ3v) is 5.58. The summed E-state index contributed by atoms with van der Waals surface area (Å²) in [7, 11) is 0. The Morgan fingerprint density at radius 2 is 1.46 bits per heavy atom. The Balaban J connectivity index is 1.95. The lowest BCUT2D eigenvalue weighted by molar-refractivity contribution is -0.147. The van der Waals surface area contributed by atoms with Gasteiger partial charge in [-0.25, -0.2) is 0 Å². The van der Waals surface area contributed by atoms with E-state index in [0.29, 0.717) is 24.9 Å². The lowest BCUT2D eigenvalue weighted by Gasteiger charge is -2.29. The van der Waals surface area contributed by atoms with E-state index in [4.69, 9.17) is 17.2 Å². The normalized spacial score (nSPS) is 11.6. The summed E-state index contributed by atoms with van der Waals surface area (Å²) in [5.74, 6) is -1.58. The molecule has 7 N–H and O–H groups in total. The number of aliphatic imine (C=N–C) groups is 1. The molecular weight excluding hydrogens is 442 g/mol. The molecule has 0 bridgehead atoms. The number of nitrogens with zero attached hydrogens (tertiary/aromatic N) is 2. The number of nitrogens with two attached hydrogens (primary N) is 3. The number of imide groups is 1. The molecule has 2 amide bonds. The average molecular weight is 474 g/mol. The summed E-state index contributed by atoms with van der Waals surface area (Å²) in [5, 5.41) is 9.92. The molecule has 182 valence electrons. The summed E-state index contributed by atoms with van der Waals surface area (Å²) < 4.78 is 0. The van der Waals surface area contributed by atoms with Crippen molar-refractivity contribution in [3.05, 3.63) is 102 Å². The van der Waals surface area contributed by atoms with Crippen molar-refractivity contribution in [2.24, 2.45) is 22.2 Å². The topological polar surface area (TPSA) is 148 Å². The van der Waals surface area contributed by atoms with Crippen LogP contribution in [0.15, 0.2) is 89.9 Å². The van der Waals surface area contributed by atoms with Crippen LogP contribution in [-0.2, 0) is 16.1 Å². The first-order valence-corrected chi connectivity index (χ1v) is 11.4. The van der Waals surface area contributed by atoms with Crippen molar-refractivity contribution in [2.75, 3.05) is 6.54 Å². The molecule has 0 saturated carbocycles. The van der Waals surface area contributed by atoms with Gasteiger partial charge in [0.25, 0.3) is 0 Å². The lowest BCUT2D eigenvalue weighted by Crippen LogP contribution is -2.48. The van der Waals surface area contributed by atoms with Crippen LogP contribution in [0.5, 0.6) is 5.75 Å². The van der Waals surface area contributed by atoms with Crippen LogP contribution in [0.3, 0.4) is 0 Å². The molecule has 3 rings (SSSR count). The number of carbonyl (C=O) groups excluding carboxylic acids is 2. The summed E-state index contributed by atoms with van der Waals surface area (Å²) in [6, 6.07) is 24.2. The van der Waals surface area contributed by atoms with Crippen LogP contribution in [-0.4, -0.2) is 40.4 Å². The summed E-state index contributed by atoms with van der Waals surface area (Å²) >= 11 is 0. The Hall–Kier alpha value is -4.17. The van der Waals surface area contributed by atoms with Crippen molar-refractivity contribution in [1.82, 2.24) is 4.90 Å². The third kappa shape index (κ3) is 7.15. The highest BCUT2D eigenvalue weighted by molar-refractivity contribution is 6.01. The summed E-state index contributed by atoms with van der Waals surface area (Å²) in [6.07, 6.45) is 0.792. The van der Waals surface area contributed by atoms with Gasteiger partial charge in [-0.2, -0.15) is 0 Å². The largest absolute Gasteiger partial charge is 0.508 e. The molecule has 8 heteroatoms. The van der Waals surface area contributed by atoms with Gasteiger partial charge in [-0.1, -0.05) is 72.8 Å². The number of phenolic OH excluding ortho intramolecular Hbond substituents is 1. The smallest absolute Gasteiger partial charge is 0.246 e. The Kier molecular flexibility index (Phi) is 8.97. The molecule has 3 aromatic carbocycles. The number of hydrogen-bond donors (Lipinski definition) is 4. The van der Waals surface area contributed by atoms with Gasteiger partial charge in [0, 0.05) is 6.54 Å². The molecule has 0 spiro atoms. The van der Waals surface area contributed by atoms with E-state index in [1.807, 2.05) is 60.7 Å². The van der Waals surface area contributed by atoms with Crippen LogP contribution in [0.2, 0.25) is 0 Å². The number of guanidine groups is 1. The maximum absolute atomic E-state index is 14.0. The van der Waals surface area contributed by atoms with Crippen molar-refractivity contribution in [3.63, 3.8) is 0 Å². The second-order valence-electron chi connectivity index (χ2n) is 8.24. The summed E-state index contributed by atoms with van der Waals surface area (Å²) in [5.41, 5.74) is 19.1. The molecule has 0 aliphatic carbocycles. The van der Waals surface area contributed by atoms with E-state index < -0.39 is 23.8 Å². The monoisotopic (exact) mass is 473 g/mol. The quantitative estimate of drug-likeness (QED) is 0.202. The molecular formula is C27H31N5O3. The minimum Gasteiger partial charge on any atom is -0.508 e. The highest BCUT2D eigenvalue weighted by atomic mass is 16.3. The Labute approximate surface area is 205 Å². The molecule has 0 saturated heterocycles. The maximum atomic E-state index is 14.0. The number of hydrogen-bond acceptors (Lipinski definition) is 5. The van der Waals surface area contributed by atoms with Gasteiger partial charge in [0.2, 0.25) is 11.8 Å². The van der Waals surface area contributed by atoms with E-state index in [1.165, 1.54) is 17.0 Å². The molecule has 1 unspecified atom stereocenters. The van der Waals surface area contributed by atoms with Crippen molar-refractivity contribution in [3.8, 4) is 5.75 Å².